The highest BCUT2D eigenvalue weighted by molar-refractivity contribution is 5.59. The minimum atomic E-state index is 0.799. The van der Waals surface area contributed by atoms with Crippen LogP contribution in [0.25, 0.3) is 6.08 Å². The van der Waals surface area contributed by atoms with E-state index in [4.69, 9.17) is 0 Å². The molecule has 0 aliphatic heterocycles. The Hall–Kier alpha value is -1.11. The van der Waals surface area contributed by atoms with Crippen molar-refractivity contribution in [1.29, 1.82) is 0 Å². The molecule has 1 nitrogen and oxygen atoms in total. The summed E-state index contributed by atoms with van der Waals surface area (Å²) in [6.45, 7) is 0. The van der Waals surface area contributed by atoms with E-state index in [1.807, 2.05) is 6.20 Å². The van der Waals surface area contributed by atoms with Crippen molar-refractivity contribution in [3.63, 3.8) is 0 Å². The molecule has 1 aromatic heterocycles. The Morgan fingerprint density at radius 1 is 1.12 bits per heavy atom. The van der Waals surface area contributed by atoms with Crippen LogP contribution in [0.4, 0.5) is 0 Å². The molecule has 0 unspecified atom stereocenters. The Morgan fingerprint density at radius 3 is 2.88 bits per heavy atom. The molecule has 0 spiro atoms. The van der Waals surface area contributed by atoms with Gasteiger partial charge >= 0.3 is 0 Å². The average Bonchev–Trinajstić information content (AvgIpc) is 2.39. The van der Waals surface area contributed by atoms with Crippen LogP contribution in [-0.4, -0.2) is 4.98 Å². The van der Waals surface area contributed by atoms with E-state index in [9.17, 15) is 0 Å². The first kappa shape index (κ1) is 10.1. The van der Waals surface area contributed by atoms with Gasteiger partial charge in [0.25, 0.3) is 0 Å². The summed E-state index contributed by atoms with van der Waals surface area (Å²) in [5.41, 5.74) is 4.34. The quantitative estimate of drug-likeness (QED) is 0.684. The summed E-state index contributed by atoms with van der Waals surface area (Å²) in [4.78, 5) is 4.52. The van der Waals surface area contributed by atoms with E-state index >= 15 is 0 Å². The second-order valence-electron chi connectivity index (χ2n) is 5.04. The van der Waals surface area contributed by atoms with Crippen molar-refractivity contribution in [3.05, 3.63) is 35.2 Å². The second kappa shape index (κ2) is 4.40. The van der Waals surface area contributed by atoms with Crippen LogP contribution in [-0.2, 0) is 6.42 Å². The van der Waals surface area contributed by atoms with Crippen molar-refractivity contribution in [1.82, 2.24) is 4.98 Å². The van der Waals surface area contributed by atoms with E-state index in [2.05, 4.69) is 23.2 Å². The molecule has 0 atom stereocenters. The zero-order chi connectivity index (χ0) is 10.8. The van der Waals surface area contributed by atoms with Crippen LogP contribution in [0, 0.1) is 0 Å². The third kappa shape index (κ3) is 1.79. The molecule has 2 aliphatic carbocycles. The number of allylic oxidation sites excluding steroid dienone is 1. The molecule has 1 heteroatoms. The molecule has 3 rings (SSSR count). The maximum atomic E-state index is 4.52. The molecule has 1 heterocycles. The fraction of sp³-hybridized carbons (Fsp3) is 0.533. The zero-order valence-corrected chi connectivity index (χ0v) is 9.78. The third-order valence-electron chi connectivity index (χ3n) is 3.98. The van der Waals surface area contributed by atoms with Gasteiger partial charge in [-0.05, 0) is 48.8 Å². The molecule has 0 amide bonds. The Morgan fingerprint density at radius 2 is 2.00 bits per heavy atom. The van der Waals surface area contributed by atoms with Gasteiger partial charge in [0.2, 0.25) is 0 Å². The monoisotopic (exact) mass is 213 g/mol. The lowest BCUT2D eigenvalue weighted by atomic mass is 9.81. The van der Waals surface area contributed by atoms with E-state index in [0.717, 1.165) is 18.8 Å². The van der Waals surface area contributed by atoms with Crippen LogP contribution in [0.5, 0.6) is 0 Å². The molecule has 0 bridgehead atoms. The van der Waals surface area contributed by atoms with Crippen molar-refractivity contribution >= 4 is 6.08 Å². The van der Waals surface area contributed by atoms with Crippen LogP contribution in [0.2, 0.25) is 0 Å². The van der Waals surface area contributed by atoms with Gasteiger partial charge in [-0.2, -0.15) is 0 Å². The van der Waals surface area contributed by atoms with Gasteiger partial charge in [0, 0.05) is 11.9 Å². The van der Waals surface area contributed by atoms with Crippen LogP contribution in [0.15, 0.2) is 18.3 Å². The number of pyridine rings is 1. The molecular formula is C15H19N. The van der Waals surface area contributed by atoms with Gasteiger partial charge in [0.05, 0.1) is 0 Å². The molecule has 1 saturated carbocycles. The fourth-order valence-corrected chi connectivity index (χ4v) is 3.12. The van der Waals surface area contributed by atoms with Crippen molar-refractivity contribution in [2.45, 2.75) is 50.9 Å². The van der Waals surface area contributed by atoms with Gasteiger partial charge in [-0.3, -0.25) is 4.98 Å². The second-order valence-corrected chi connectivity index (χ2v) is 5.04. The highest BCUT2D eigenvalue weighted by Crippen LogP contribution is 2.36. The summed E-state index contributed by atoms with van der Waals surface area (Å²) in [7, 11) is 0. The largest absolute Gasteiger partial charge is 0.261 e. The first-order valence-electron chi connectivity index (χ1n) is 6.59. The summed E-state index contributed by atoms with van der Waals surface area (Å²) in [6.07, 6.45) is 15.9. The van der Waals surface area contributed by atoms with Gasteiger partial charge in [0.15, 0.2) is 0 Å². The normalized spacial score (nSPS) is 20.8. The minimum Gasteiger partial charge on any atom is -0.261 e. The maximum absolute atomic E-state index is 4.52. The summed E-state index contributed by atoms with van der Waals surface area (Å²) >= 11 is 0. The number of aryl methyl sites for hydroxylation is 1. The lowest BCUT2D eigenvalue weighted by Crippen LogP contribution is -2.09. The standard InChI is InChI=1S/C15H19N/c1-2-6-12(7-3-1)13-10-11-16-15-9-5-4-8-14(13)15/h4,8,10-12H,1-3,5-7,9H2. The Balaban J connectivity index is 1.97. The zero-order valence-electron chi connectivity index (χ0n) is 9.78. The van der Waals surface area contributed by atoms with E-state index in [1.165, 1.54) is 43.4 Å². The lowest BCUT2D eigenvalue weighted by molar-refractivity contribution is 0.442. The van der Waals surface area contributed by atoms with E-state index in [-0.39, 0.29) is 0 Å². The summed E-state index contributed by atoms with van der Waals surface area (Å²) in [5.74, 6) is 0.799. The molecule has 84 valence electrons. The molecule has 0 radical (unpaired) electrons. The first-order valence-corrected chi connectivity index (χ1v) is 6.59. The van der Waals surface area contributed by atoms with Gasteiger partial charge < -0.3 is 0 Å². The van der Waals surface area contributed by atoms with Gasteiger partial charge in [-0.1, -0.05) is 31.4 Å². The molecule has 16 heavy (non-hydrogen) atoms. The van der Waals surface area contributed by atoms with E-state index in [0.29, 0.717) is 0 Å². The van der Waals surface area contributed by atoms with Crippen LogP contribution < -0.4 is 0 Å². The number of aromatic nitrogens is 1. The Labute approximate surface area is 97.6 Å². The van der Waals surface area contributed by atoms with E-state index in [1.54, 1.807) is 5.56 Å². The number of nitrogens with zero attached hydrogens (tertiary/aromatic N) is 1. The van der Waals surface area contributed by atoms with Crippen molar-refractivity contribution in [2.24, 2.45) is 0 Å². The van der Waals surface area contributed by atoms with Crippen LogP contribution in [0.1, 0.15) is 61.3 Å². The van der Waals surface area contributed by atoms with Crippen molar-refractivity contribution in [3.8, 4) is 0 Å². The summed E-state index contributed by atoms with van der Waals surface area (Å²) in [5, 5.41) is 0. The average molecular weight is 213 g/mol. The molecule has 0 N–H and O–H groups in total. The molecule has 0 saturated heterocycles. The fourth-order valence-electron chi connectivity index (χ4n) is 3.12. The number of fused-ring (bicyclic) bond motifs is 1. The predicted molar refractivity (Wildman–Crippen MR) is 67.4 cm³/mol. The smallest absolute Gasteiger partial charge is 0.0481 e. The molecule has 0 aromatic carbocycles. The maximum Gasteiger partial charge on any atom is 0.0481 e. The van der Waals surface area contributed by atoms with E-state index < -0.39 is 0 Å². The minimum absolute atomic E-state index is 0.799. The van der Waals surface area contributed by atoms with Crippen molar-refractivity contribution in [2.75, 3.05) is 0 Å². The highest BCUT2D eigenvalue weighted by atomic mass is 14.7. The highest BCUT2D eigenvalue weighted by Gasteiger charge is 2.20. The van der Waals surface area contributed by atoms with Crippen molar-refractivity contribution < 1.29 is 0 Å². The third-order valence-corrected chi connectivity index (χ3v) is 3.98. The van der Waals surface area contributed by atoms with Crippen LogP contribution >= 0.6 is 0 Å². The predicted octanol–water partition coefficient (Wildman–Crippen LogP) is 4.09. The van der Waals surface area contributed by atoms with Crippen LogP contribution in [0.3, 0.4) is 0 Å². The SMILES string of the molecule is C1=Cc2c(C3CCCCC3)ccnc2CC1. The molecular weight excluding hydrogens is 194 g/mol. The topological polar surface area (TPSA) is 12.9 Å². The molecule has 2 aliphatic rings. The van der Waals surface area contributed by atoms with Gasteiger partial charge in [0.1, 0.15) is 0 Å². The number of hydrogen-bond donors (Lipinski definition) is 0. The lowest BCUT2D eigenvalue weighted by Gasteiger charge is -2.25. The molecule has 1 fully saturated rings. The Bertz CT molecular complexity index is 400. The number of rotatable bonds is 1. The van der Waals surface area contributed by atoms with Gasteiger partial charge in [-0.25, -0.2) is 0 Å². The summed E-state index contributed by atoms with van der Waals surface area (Å²) in [6, 6.07) is 2.25. The Kier molecular flexibility index (Phi) is 2.77. The van der Waals surface area contributed by atoms with Gasteiger partial charge in [-0.15, -0.1) is 0 Å². The number of hydrogen-bond acceptors (Lipinski definition) is 1. The first-order chi connectivity index (χ1) is 7.95. The summed E-state index contributed by atoms with van der Waals surface area (Å²) < 4.78 is 0. The molecule has 1 aromatic rings.